The zero-order valence-corrected chi connectivity index (χ0v) is 19.7. The van der Waals surface area contributed by atoms with Gasteiger partial charge in [-0.1, -0.05) is 36.2 Å². The molecule has 0 aromatic heterocycles. The third-order valence-corrected chi connectivity index (χ3v) is 6.16. The number of rotatable bonds is 5. The molecule has 2 heterocycles. The Morgan fingerprint density at radius 2 is 1.88 bits per heavy atom. The van der Waals surface area contributed by atoms with E-state index in [9.17, 15) is 9.59 Å². The second-order valence-corrected chi connectivity index (χ2v) is 8.67. The van der Waals surface area contributed by atoms with Gasteiger partial charge >= 0.3 is 11.9 Å². The van der Waals surface area contributed by atoms with E-state index in [1.54, 1.807) is 12.0 Å². The van der Waals surface area contributed by atoms with Gasteiger partial charge in [0.2, 0.25) is 0 Å². The van der Waals surface area contributed by atoms with E-state index in [-0.39, 0.29) is 11.9 Å². The lowest BCUT2D eigenvalue weighted by molar-refractivity contribution is -0.192. The minimum absolute atomic E-state index is 0.211. The van der Waals surface area contributed by atoms with Gasteiger partial charge in [-0.2, -0.15) is 0 Å². The molecule has 0 saturated carbocycles. The van der Waals surface area contributed by atoms with Crippen LogP contribution in [0.1, 0.15) is 55.4 Å². The van der Waals surface area contributed by atoms with Crippen LogP contribution in [0.25, 0.3) is 5.57 Å². The van der Waals surface area contributed by atoms with Crippen molar-refractivity contribution >= 4 is 29.1 Å². The number of esters is 1. The highest BCUT2D eigenvalue weighted by Crippen LogP contribution is 2.42. The number of nitrogens with zero attached hydrogens (tertiary/aromatic N) is 1. The summed E-state index contributed by atoms with van der Waals surface area (Å²) >= 11 is 6.30. The van der Waals surface area contributed by atoms with Crippen LogP contribution < -0.4 is 4.74 Å². The Balaban J connectivity index is 1.71. The molecule has 6 nitrogen and oxygen atoms in total. The highest BCUT2D eigenvalue weighted by molar-refractivity contribution is 6.30. The van der Waals surface area contributed by atoms with Crippen molar-refractivity contribution in [2.45, 2.75) is 46.1 Å². The predicted molar refractivity (Wildman–Crippen MR) is 126 cm³/mol. The number of carbonyl (C=O) groups excluding carboxylic acids is 2. The van der Waals surface area contributed by atoms with Crippen molar-refractivity contribution in [3.63, 3.8) is 0 Å². The first-order chi connectivity index (χ1) is 15.9. The Kier molecular flexibility index (Phi) is 7.36. The van der Waals surface area contributed by atoms with Crippen LogP contribution in [0.3, 0.4) is 0 Å². The standard InChI is InChI=1S/C26H28ClNO5/c1-3-25(30)33-28-11-8-19(9-12-28)26-22-6-5-21(27)15-20(22)16-32-24-7-4-18(14-23(24)26)10-13-31-17(2)29/h4-7,14-15H,3,8-13,16H2,1-2H3. The molecular weight excluding hydrogens is 442 g/mol. The van der Waals surface area contributed by atoms with Crippen LogP contribution in [0.2, 0.25) is 5.02 Å². The van der Waals surface area contributed by atoms with Gasteiger partial charge in [0, 0.05) is 43.4 Å². The zero-order valence-electron chi connectivity index (χ0n) is 19.0. The van der Waals surface area contributed by atoms with Crippen molar-refractivity contribution in [3.8, 4) is 5.75 Å². The smallest absolute Gasteiger partial charge is 0.324 e. The first-order valence-corrected chi connectivity index (χ1v) is 11.7. The van der Waals surface area contributed by atoms with Crippen LogP contribution in [-0.4, -0.2) is 36.7 Å². The van der Waals surface area contributed by atoms with E-state index in [1.807, 2.05) is 24.3 Å². The van der Waals surface area contributed by atoms with Crippen LogP contribution in [0, 0.1) is 0 Å². The van der Waals surface area contributed by atoms with Crippen LogP contribution >= 0.6 is 11.6 Å². The molecule has 0 aliphatic carbocycles. The van der Waals surface area contributed by atoms with Crippen LogP contribution in [0.4, 0.5) is 0 Å². The summed E-state index contributed by atoms with van der Waals surface area (Å²) in [4.78, 5) is 28.3. The summed E-state index contributed by atoms with van der Waals surface area (Å²) in [6, 6.07) is 12.1. The second-order valence-electron chi connectivity index (χ2n) is 8.24. The van der Waals surface area contributed by atoms with Gasteiger partial charge in [0.05, 0.1) is 6.61 Å². The molecule has 2 aliphatic heterocycles. The molecule has 2 aliphatic rings. The Hall–Kier alpha value is -2.83. The molecule has 0 atom stereocenters. The van der Waals surface area contributed by atoms with Crippen molar-refractivity contribution in [1.29, 1.82) is 0 Å². The van der Waals surface area contributed by atoms with E-state index in [2.05, 4.69) is 12.1 Å². The topological polar surface area (TPSA) is 65.1 Å². The van der Waals surface area contributed by atoms with Gasteiger partial charge in [0.25, 0.3) is 0 Å². The highest BCUT2D eigenvalue weighted by Gasteiger charge is 2.26. The Morgan fingerprint density at radius 3 is 2.61 bits per heavy atom. The van der Waals surface area contributed by atoms with Crippen molar-refractivity contribution in [2.75, 3.05) is 19.7 Å². The maximum Gasteiger partial charge on any atom is 0.324 e. The molecule has 1 fully saturated rings. The fourth-order valence-corrected chi connectivity index (χ4v) is 4.47. The van der Waals surface area contributed by atoms with E-state index in [1.165, 1.54) is 12.5 Å². The van der Waals surface area contributed by atoms with E-state index < -0.39 is 0 Å². The summed E-state index contributed by atoms with van der Waals surface area (Å²) in [7, 11) is 0. The predicted octanol–water partition coefficient (Wildman–Crippen LogP) is 5.10. The number of hydroxylamine groups is 2. The maximum atomic E-state index is 11.7. The van der Waals surface area contributed by atoms with E-state index in [4.69, 9.17) is 25.9 Å². The number of halogens is 1. The van der Waals surface area contributed by atoms with Gasteiger partial charge in [-0.05, 0) is 59.4 Å². The normalized spacial score (nSPS) is 15.7. The molecule has 2 aromatic carbocycles. The van der Waals surface area contributed by atoms with Crippen LogP contribution in [-0.2, 0) is 32.2 Å². The Morgan fingerprint density at radius 1 is 1.09 bits per heavy atom. The molecule has 0 unspecified atom stereocenters. The van der Waals surface area contributed by atoms with E-state index in [0.29, 0.717) is 44.2 Å². The second kappa shape index (κ2) is 10.4. The summed E-state index contributed by atoms with van der Waals surface area (Å²) in [5, 5.41) is 2.43. The van der Waals surface area contributed by atoms with Gasteiger partial charge in [-0.15, -0.1) is 5.06 Å². The summed E-state index contributed by atoms with van der Waals surface area (Å²) in [6.07, 6.45) is 2.56. The molecule has 2 aromatic rings. The van der Waals surface area contributed by atoms with Gasteiger partial charge in [0.15, 0.2) is 0 Å². The SMILES string of the molecule is CCC(=O)ON1CCC(=C2c3ccc(Cl)cc3COc3ccc(CCOC(C)=O)cc32)CC1. The van der Waals surface area contributed by atoms with Crippen molar-refractivity contribution in [2.24, 2.45) is 0 Å². The summed E-state index contributed by atoms with van der Waals surface area (Å²) in [5.41, 5.74) is 6.72. The largest absolute Gasteiger partial charge is 0.488 e. The maximum absolute atomic E-state index is 11.7. The molecule has 4 rings (SSSR count). The van der Waals surface area contributed by atoms with Gasteiger partial charge < -0.3 is 14.3 Å². The van der Waals surface area contributed by atoms with E-state index in [0.717, 1.165) is 46.4 Å². The molecule has 0 radical (unpaired) electrons. The average molecular weight is 470 g/mol. The molecule has 174 valence electrons. The third-order valence-electron chi connectivity index (χ3n) is 5.93. The lowest BCUT2D eigenvalue weighted by atomic mass is 9.86. The van der Waals surface area contributed by atoms with Crippen molar-refractivity contribution in [3.05, 3.63) is 69.2 Å². The number of benzene rings is 2. The minimum atomic E-state index is -0.280. The van der Waals surface area contributed by atoms with Gasteiger partial charge in [0.1, 0.15) is 12.4 Å². The Bertz CT molecular complexity index is 1080. The number of piperidine rings is 1. The number of carbonyl (C=O) groups is 2. The lowest BCUT2D eigenvalue weighted by Crippen LogP contribution is -2.33. The molecule has 0 amide bonds. The molecule has 0 bridgehead atoms. The molecule has 7 heteroatoms. The molecule has 0 N–H and O–H groups in total. The monoisotopic (exact) mass is 469 g/mol. The minimum Gasteiger partial charge on any atom is -0.488 e. The van der Waals surface area contributed by atoms with Crippen molar-refractivity contribution in [1.82, 2.24) is 5.06 Å². The molecule has 1 saturated heterocycles. The fraction of sp³-hybridized carbons (Fsp3) is 0.385. The molecule has 0 spiro atoms. The van der Waals surface area contributed by atoms with Gasteiger partial charge in [-0.25, -0.2) is 0 Å². The molecule has 33 heavy (non-hydrogen) atoms. The van der Waals surface area contributed by atoms with Crippen LogP contribution in [0.15, 0.2) is 42.0 Å². The quantitative estimate of drug-likeness (QED) is 0.567. The zero-order chi connectivity index (χ0) is 23.4. The first kappa shape index (κ1) is 23.3. The van der Waals surface area contributed by atoms with Gasteiger partial charge in [-0.3, -0.25) is 9.59 Å². The van der Waals surface area contributed by atoms with E-state index >= 15 is 0 Å². The number of hydrogen-bond acceptors (Lipinski definition) is 6. The first-order valence-electron chi connectivity index (χ1n) is 11.3. The Labute approximate surface area is 199 Å². The number of hydrogen-bond donors (Lipinski definition) is 0. The number of ether oxygens (including phenoxy) is 2. The van der Waals surface area contributed by atoms with Crippen molar-refractivity contribution < 1.29 is 23.9 Å². The average Bonchev–Trinajstić information content (AvgIpc) is 2.95. The summed E-state index contributed by atoms with van der Waals surface area (Å²) in [5.74, 6) is 0.329. The lowest BCUT2D eigenvalue weighted by Gasteiger charge is -2.29. The van der Waals surface area contributed by atoms with Crippen LogP contribution in [0.5, 0.6) is 5.75 Å². The third kappa shape index (κ3) is 5.57. The fourth-order valence-electron chi connectivity index (χ4n) is 4.28. The number of fused-ring (bicyclic) bond motifs is 2. The molecular formula is C26H28ClNO5. The highest BCUT2D eigenvalue weighted by atomic mass is 35.5. The summed E-state index contributed by atoms with van der Waals surface area (Å²) in [6.45, 7) is 5.28. The summed E-state index contributed by atoms with van der Waals surface area (Å²) < 4.78 is 11.3.